The maximum atomic E-state index is 11.3. The van der Waals surface area contributed by atoms with Crippen LogP contribution in [0, 0.1) is 0 Å². The van der Waals surface area contributed by atoms with Gasteiger partial charge in [0, 0.05) is 6.42 Å². The van der Waals surface area contributed by atoms with E-state index in [0.717, 1.165) is 0 Å². The summed E-state index contributed by atoms with van der Waals surface area (Å²) in [5.41, 5.74) is 0.675. The van der Waals surface area contributed by atoms with Gasteiger partial charge in [0.1, 0.15) is 6.26 Å². The molecule has 0 bridgehead atoms. The number of hydrogen-bond donors (Lipinski definition) is 1. The van der Waals surface area contributed by atoms with Gasteiger partial charge >= 0.3 is 0 Å². The van der Waals surface area contributed by atoms with Gasteiger partial charge in [0.05, 0.1) is 29.2 Å². The van der Waals surface area contributed by atoms with Gasteiger partial charge in [-0.15, -0.1) is 0 Å². The fourth-order valence-corrected chi connectivity index (χ4v) is 3.63. The van der Waals surface area contributed by atoms with Crippen molar-refractivity contribution in [3.05, 3.63) is 17.8 Å². The van der Waals surface area contributed by atoms with Crippen molar-refractivity contribution >= 4 is 9.84 Å². The number of oxazole rings is 1. The second-order valence-corrected chi connectivity index (χ2v) is 6.56. The van der Waals surface area contributed by atoms with Gasteiger partial charge in [0.25, 0.3) is 0 Å². The minimum Gasteiger partial charge on any atom is -0.448 e. The molecule has 2 unspecified atom stereocenters. The van der Waals surface area contributed by atoms with Crippen LogP contribution >= 0.6 is 0 Å². The molecule has 1 fully saturated rings. The van der Waals surface area contributed by atoms with E-state index in [2.05, 4.69) is 4.98 Å². The monoisotopic (exact) mass is 245 g/mol. The summed E-state index contributed by atoms with van der Waals surface area (Å²) in [5, 5.41) is 9.19. The zero-order valence-electron chi connectivity index (χ0n) is 9.09. The summed E-state index contributed by atoms with van der Waals surface area (Å²) >= 11 is 0. The molecule has 0 aromatic carbocycles. The van der Waals surface area contributed by atoms with E-state index in [4.69, 9.17) is 4.42 Å². The van der Waals surface area contributed by atoms with E-state index in [-0.39, 0.29) is 17.4 Å². The average Bonchev–Trinajstić information content (AvgIpc) is 2.71. The largest absolute Gasteiger partial charge is 0.448 e. The van der Waals surface area contributed by atoms with Crippen LogP contribution in [0.5, 0.6) is 0 Å². The zero-order chi connectivity index (χ0) is 11.8. The van der Waals surface area contributed by atoms with Crippen molar-refractivity contribution in [2.75, 3.05) is 11.5 Å². The molecule has 2 rings (SSSR count). The first-order valence-corrected chi connectivity index (χ1v) is 7.11. The number of hydrogen-bond acceptors (Lipinski definition) is 5. The second-order valence-electron chi connectivity index (χ2n) is 4.33. The quantitative estimate of drug-likeness (QED) is 0.838. The van der Waals surface area contributed by atoms with E-state index in [1.165, 1.54) is 6.26 Å². The van der Waals surface area contributed by atoms with Crippen LogP contribution in [0.15, 0.2) is 10.7 Å². The molecule has 16 heavy (non-hydrogen) atoms. The number of aromatic nitrogens is 1. The van der Waals surface area contributed by atoms with Gasteiger partial charge in [-0.2, -0.15) is 0 Å². The molecule has 1 aromatic rings. The van der Waals surface area contributed by atoms with Crippen molar-refractivity contribution in [2.24, 2.45) is 0 Å². The lowest BCUT2D eigenvalue weighted by Crippen LogP contribution is -2.06. The Morgan fingerprint density at radius 2 is 2.44 bits per heavy atom. The van der Waals surface area contributed by atoms with Gasteiger partial charge in [0.2, 0.25) is 0 Å². The molecule has 0 amide bonds. The Bertz CT molecular complexity index is 463. The predicted molar refractivity (Wildman–Crippen MR) is 57.9 cm³/mol. The van der Waals surface area contributed by atoms with Gasteiger partial charge < -0.3 is 9.52 Å². The number of rotatable bonds is 3. The predicted octanol–water partition coefficient (Wildman–Crippen LogP) is 0.500. The summed E-state index contributed by atoms with van der Waals surface area (Å²) in [7, 11) is -2.91. The minimum atomic E-state index is -2.91. The first-order valence-electron chi connectivity index (χ1n) is 5.29. The summed E-state index contributed by atoms with van der Waals surface area (Å²) in [6, 6.07) is 0. The van der Waals surface area contributed by atoms with E-state index in [1.807, 2.05) is 0 Å². The van der Waals surface area contributed by atoms with Gasteiger partial charge in [-0.1, -0.05) is 0 Å². The highest BCUT2D eigenvalue weighted by atomic mass is 32.2. The smallest absolute Gasteiger partial charge is 0.198 e. The fourth-order valence-electron chi connectivity index (χ4n) is 1.90. The van der Waals surface area contributed by atoms with Crippen LogP contribution in [-0.2, 0) is 16.3 Å². The highest BCUT2D eigenvalue weighted by molar-refractivity contribution is 7.91. The van der Waals surface area contributed by atoms with Gasteiger partial charge in [-0.05, 0) is 13.3 Å². The highest BCUT2D eigenvalue weighted by Gasteiger charge is 2.32. The molecule has 0 radical (unpaired) electrons. The molecule has 1 saturated heterocycles. The molecule has 90 valence electrons. The molecule has 0 saturated carbocycles. The van der Waals surface area contributed by atoms with Crippen LogP contribution in [0.1, 0.15) is 30.8 Å². The molecule has 1 N–H and O–H groups in total. The third-order valence-electron chi connectivity index (χ3n) is 2.66. The van der Waals surface area contributed by atoms with Crippen LogP contribution in [0.3, 0.4) is 0 Å². The number of aliphatic hydroxyl groups excluding tert-OH is 1. The Hall–Kier alpha value is -0.880. The SMILES string of the molecule is CC(O)Cc1coc(C2CCS(=O)(=O)C2)n1. The van der Waals surface area contributed by atoms with E-state index < -0.39 is 15.9 Å². The standard InChI is InChI=1S/C10H15NO4S/c1-7(12)4-9-5-15-10(11-9)8-2-3-16(13,14)6-8/h5,7-8,12H,2-4,6H2,1H3. The molecule has 1 aliphatic heterocycles. The van der Waals surface area contributed by atoms with E-state index in [0.29, 0.717) is 24.4 Å². The Balaban J connectivity index is 2.08. The fraction of sp³-hybridized carbons (Fsp3) is 0.700. The summed E-state index contributed by atoms with van der Waals surface area (Å²) < 4.78 is 27.8. The minimum absolute atomic E-state index is 0.118. The Morgan fingerprint density at radius 1 is 1.69 bits per heavy atom. The third-order valence-corrected chi connectivity index (χ3v) is 4.42. The van der Waals surface area contributed by atoms with Gasteiger partial charge in [0.15, 0.2) is 15.7 Å². The van der Waals surface area contributed by atoms with Crippen molar-refractivity contribution < 1.29 is 17.9 Å². The van der Waals surface area contributed by atoms with Crippen LogP contribution in [0.4, 0.5) is 0 Å². The van der Waals surface area contributed by atoms with E-state index >= 15 is 0 Å². The number of nitrogens with zero attached hydrogens (tertiary/aromatic N) is 1. The molecule has 1 aliphatic rings. The lowest BCUT2D eigenvalue weighted by Gasteiger charge is -2.00. The maximum Gasteiger partial charge on any atom is 0.198 e. The Morgan fingerprint density at radius 3 is 3.00 bits per heavy atom. The van der Waals surface area contributed by atoms with E-state index in [9.17, 15) is 13.5 Å². The zero-order valence-corrected chi connectivity index (χ0v) is 9.90. The molecular weight excluding hydrogens is 230 g/mol. The highest BCUT2D eigenvalue weighted by Crippen LogP contribution is 2.28. The van der Waals surface area contributed by atoms with Crippen LogP contribution < -0.4 is 0 Å². The van der Waals surface area contributed by atoms with Crippen molar-refractivity contribution in [1.29, 1.82) is 0 Å². The first-order chi connectivity index (χ1) is 7.46. The summed E-state index contributed by atoms with van der Waals surface area (Å²) in [4.78, 5) is 4.21. The van der Waals surface area contributed by atoms with Crippen LogP contribution in [0.25, 0.3) is 0 Å². The third kappa shape index (κ3) is 2.62. The topological polar surface area (TPSA) is 80.4 Å². The molecule has 1 aromatic heterocycles. The second kappa shape index (κ2) is 4.18. The molecule has 6 heteroatoms. The first kappa shape index (κ1) is 11.6. The molecular formula is C10H15NO4S. The lowest BCUT2D eigenvalue weighted by atomic mass is 10.1. The lowest BCUT2D eigenvalue weighted by molar-refractivity contribution is 0.194. The number of sulfone groups is 1. The Kier molecular flexibility index (Phi) is 3.03. The molecule has 2 atom stereocenters. The molecule has 0 aliphatic carbocycles. The van der Waals surface area contributed by atoms with Crippen molar-refractivity contribution in [3.8, 4) is 0 Å². The van der Waals surface area contributed by atoms with Gasteiger partial charge in [-0.3, -0.25) is 0 Å². The maximum absolute atomic E-state index is 11.3. The van der Waals surface area contributed by atoms with E-state index in [1.54, 1.807) is 6.92 Å². The summed E-state index contributed by atoms with van der Waals surface area (Å²) in [6.45, 7) is 1.67. The number of aliphatic hydroxyl groups is 1. The van der Waals surface area contributed by atoms with Gasteiger partial charge in [-0.25, -0.2) is 13.4 Å². The van der Waals surface area contributed by atoms with Crippen LogP contribution in [0.2, 0.25) is 0 Å². The van der Waals surface area contributed by atoms with Crippen molar-refractivity contribution in [3.63, 3.8) is 0 Å². The average molecular weight is 245 g/mol. The van der Waals surface area contributed by atoms with Crippen molar-refractivity contribution in [1.82, 2.24) is 4.98 Å². The summed E-state index contributed by atoms with van der Waals surface area (Å²) in [6.07, 6.45) is 2.04. The molecule has 5 nitrogen and oxygen atoms in total. The Labute approximate surface area is 94.4 Å². The summed E-state index contributed by atoms with van der Waals surface area (Å²) in [5.74, 6) is 0.706. The molecule has 0 spiro atoms. The van der Waals surface area contributed by atoms with Crippen molar-refractivity contribution in [2.45, 2.75) is 31.8 Å². The van der Waals surface area contributed by atoms with Crippen LogP contribution in [-0.4, -0.2) is 36.1 Å². The molecule has 2 heterocycles. The normalized spacial score (nSPS) is 25.8.